The van der Waals surface area contributed by atoms with Gasteiger partial charge in [0.05, 0.1) is 25.4 Å². The van der Waals surface area contributed by atoms with Crippen LogP contribution in [0.1, 0.15) is 284 Å². The number of amides is 1. The highest BCUT2D eigenvalue weighted by Crippen LogP contribution is 2.26. The van der Waals surface area contributed by atoms with Crippen LogP contribution in [0.3, 0.4) is 0 Å². The van der Waals surface area contributed by atoms with Crippen molar-refractivity contribution in [3.05, 3.63) is 12.2 Å². The van der Waals surface area contributed by atoms with Gasteiger partial charge in [0.25, 0.3) is 0 Å². The van der Waals surface area contributed by atoms with Crippen molar-refractivity contribution >= 4 is 11.9 Å². The maximum Gasteiger partial charge on any atom is 0.306 e. The summed E-state index contributed by atoms with van der Waals surface area (Å²) in [6.45, 7) is 5.80. The van der Waals surface area contributed by atoms with E-state index >= 15 is 0 Å². The minimum Gasteiger partial charge on any atom is -0.454 e. The molecule has 1 heterocycles. The van der Waals surface area contributed by atoms with Gasteiger partial charge in [0.2, 0.25) is 5.91 Å². The SMILES string of the molecule is CCCCCCCCCCCCC/C=C/C(O)C(COC1OC(CO)C(O)C(O)C1OC(=O)CCCCCCCCCCCCCCC)NC(=O)C(O)CCCCCCCCCCCCCCCC. The van der Waals surface area contributed by atoms with Gasteiger partial charge in [-0.2, -0.15) is 0 Å². The minimum atomic E-state index is -1.60. The Morgan fingerprint density at radius 2 is 0.942 bits per heavy atom. The van der Waals surface area contributed by atoms with E-state index in [9.17, 15) is 35.1 Å². The van der Waals surface area contributed by atoms with E-state index in [0.717, 1.165) is 57.8 Å². The molecule has 0 saturated carbocycles. The van der Waals surface area contributed by atoms with E-state index in [1.807, 2.05) is 6.08 Å². The van der Waals surface area contributed by atoms with E-state index in [0.29, 0.717) is 19.3 Å². The molecule has 11 nitrogen and oxygen atoms in total. The number of aliphatic hydroxyl groups is 5. The zero-order chi connectivity index (χ0) is 50.4. The molecule has 408 valence electrons. The molecule has 8 unspecified atom stereocenters. The molecule has 1 fully saturated rings. The van der Waals surface area contributed by atoms with Crippen LogP contribution < -0.4 is 5.32 Å². The van der Waals surface area contributed by atoms with E-state index in [1.54, 1.807) is 6.08 Å². The molecule has 0 bridgehead atoms. The molecule has 0 spiro atoms. The summed E-state index contributed by atoms with van der Waals surface area (Å²) in [6.07, 6.45) is 41.1. The van der Waals surface area contributed by atoms with Crippen molar-refractivity contribution in [3.8, 4) is 0 Å². The fraction of sp³-hybridized carbons (Fsp3) is 0.931. The molecule has 0 aliphatic carbocycles. The van der Waals surface area contributed by atoms with Crippen molar-refractivity contribution in [3.63, 3.8) is 0 Å². The van der Waals surface area contributed by atoms with Gasteiger partial charge in [-0.3, -0.25) is 9.59 Å². The Balaban J connectivity index is 2.72. The minimum absolute atomic E-state index is 0.131. The lowest BCUT2D eigenvalue weighted by Crippen LogP contribution is -2.61. The summed E-state index contributed by atoms with van der Waals surface area (Å²) in [5.41, 5.74) is 0. The zero-order valence-electron chi connectivity index (χ0n) is 45.0. The van der Waals surface area contributed by atoms with Crippen LogP contribution in [0.4, 0.5) is 0 Å². The van der Waals surface area contributed by atoms with E-state index in [-0.39, 0.29) is 13.0 Å². The van der Waals surface area contributed by atoms with E-state index < -0.39 is 67.4 Å². The topological polar surface area (TPSA) is 175 Å². The number of unbranched alkanes of at least 4 members (excludes halogenated alkanes) is 36. The maximum absolute atomic E-state index is 13.4. The van der Waals surface area contributed by atoms with Crippen molar-refractivity contribution in [1.29, 1.82) is 0 Å². The third-order valence-corrected chi connectivity index (χ3v) is 14.2. The molecule has 6 N–H and O–H groups in total. The number of hydrogen-bond donors (Lipinski definition) is 6. The Hall–Kier alpha value is -1.60. The van der Waals surface area contributed by atoms with Crippen LogP contribution in [-0.4, -0.2) is 99.6 Å². The van der Waals surface area contributed by atoms with Gasteiger partial charge in [0.1, 0.15) is 24.4 Å². The zero-order valence-corrected chi connectivity index (χ0v) is 45.0. The first-order valence-corrected chi connectivity index (χ1v) is 29.5. The highest BCUT2D eigenvalue weighted by molar-refractivity contribution is 5.80. The number of ether oxygens (including phenoxy) is 3. The van der Waals surface area contributed by atoms with Gasteiger partial charge in [-0.05, 0) is 25.7 Å². The molecule has 0 radical (unpaired) electrons. The standard InChI is InChI=1S/C58H111NO10/c1-4-7-10-13-16-19-22-25-28-30-33-36-39-42-45-51(62)57(66)59-49(50(61)44-41-38-35-32-29-26-23-20-17-14-11-8-5-2)48-67-58-56(55(65)54(64)52(47-60)68-58)69-53(63)46-43-40-37-34-31-27-24-21-18-15-12-9-6-3/h41,44,49-52,54-56,58,60-62,64-65H,4-40,42-43,45-48H2,1-3H3,(H,59,66)/b44-41+. The molecule has 1 amide bonds. The summed E-state index contributed by atoms with van der Waals surface area (Å²) < 4.78 is 17.6. The van der Waals surface area contributed by atoms with Gasteiger partial charge in [0, 0.05) is 6.42 Å². The van der Waals surface area contributed by atoms with Crippen molar-refractivity contribution in [2.45, 2.75) is 333 Å². The van der Waals surface area contributed by atoms with Crippen molar-refractivity contribution in [2.24, 2.45) is 0 Å². The van der Waals surface area contributed by atoms with Crippen LogP contribution in [0, 0.1) is 0 Å². The van der Waals surface area contributed by atoms with E-state index in [1.165, 1.54) is 180 Å². The van der Waals surface area contributed by atoms with Gasteiger partial charge in [-0.15, -0.1) is 0 Å². The molecular formula is C58H111NO10. The summed E-state index contributed by atoms with van der Waals surface area (Å²) in [5.74, 6) is -1.18. The Morgan fingerprint density at radius 3 is 1.36 bits per heavy atom. The van der Waals surface area contributed by atoms with E-state index in [2.05, 4.69) is 26.1 Å². The van der Waals surface area contributed by atoms with Crippen LogP contribution >= 0.6 is 0 Å². The van der Waals surface area contributed by atoms with E-state index in [4.69, 9.17) is 14.2 Å². The van der Waals surface area contributed by atoms with Gasteiger partial charge in [-0.25, -0.2) is 0 Å². The normalized spacial score (nSPS) is 19.8. The third-order valence-electron chi connectivity index (χ3n) is 14.2. The van der Waals surface area contributed by atoms with Gasteiger partial charge in [-0.1, -0.05) is 264 Å². The fourth-order valence-electron chi connectivity index (χ4n) is 9.48. The summed E-state index contributed by atoms with van der Waals surface area (Å²) >= 11 is 0. The monoisotopic (exact) mass is 982 g/mol. The average Bonchev–Trinajstić information content (AvgIpc) is 3.34. The number of esters is 1. The molecule has 0 aromatic rings. The lowest BCUT2D eigenvalue weighted by atomic mass is 9.99. The first-order chi connectivity index (χ1) is 33.7. The highest BCUT2D eigenvalue weighted by Gasteiger charge is 2.47. The summed E-state index contributed by atoms with van der Waals surface area (Å²) in [4.78, 5) is 26.4. The molecule has 69 heavy (non-hydrogen) atoms. The third kappa shape index (κ3) is 36.1. The molecule has 1 aliphatic heterocycles. The summed E-state index contributed by atoms with van der Waals surface area (Å²) in [6, 6.07) is -1.01. The summed E-state index contributed by atoms with van der Waals surface area (Å²) in [5, 5.41) is 56.8. The van der Waals surface area contributed by atoms with Crippen LogP contribution in [0.5, 0.6) is 0 Å². The molecular weight excluding hydrogens is 871 g/mol. The van der Waals surface area contributed by atoms with Crippen LogP contribution in [0.15, 0.2) is 12.2 Å². The molecule has 8 atom stereocenters. The number of carbonyl (C=O) groups is 2. The number of aliphatic hydroxyl groups excluding tert-OH is 5. The molecule has 0 aromatic heterocycles. The average molecular weight is 983 g/mol. The second kappa shape index (κ2) is 47.4. The van der Waals surface area contributed by atoms with Crippen LogP contribution in [-0.2, 0) is 23.8 Å². The molecule has 0 aromatic carbocycles. The van der Waals surface area contributed by atoms with Crippen molar-refractivity contribution in [2.75, 3.05) is 13.2 Å². The summed E-state index contributed by atoms with van der Waals surface area (Å²) in [7, 11) is 0. The fourth-order valence-corrected chi connectivity index (χ4v) is 9.48. The number of allylic oxidation sites excluding steroid dienone is 1. The molecule has 1 aliphatic rings. The number of hydrogen-bond acceptors (Lipinski definition) is 10. The highest BCUT2D eigenvalue weighted by atomic mass is 16.7. The quantitative estimate of drug-likeness (QED) is 0.0195. The second-order valence-corrected chi connectivity index (χ2v) is 20.7. The smallest absolute Gasteiger partial charge is 0.306 e. The van der Waals surface area contributed by atoms with Crippen molar-refractivity contribution in [1.82, 2.24) is 5.32 Å². The maximum atomic E-state index is 13.4. The Labute approximate surface area is 423 Å². The molecule has 1 saturated heterocycles. The van der Waals surface area contributed by atoms with Gasteiger partial charge < -0.3 is 45.1 Å². The Kier molecular flexibility index (Phi) is 44.9. The Morgan fingerprint density at radius 1 is 0.551 bits per heavy atom. The lowest BCUT2D eigenvalue weighted by Gasteiger charge is -2.41. The van der Waals surface area contributed by atoms with Crippen LogP contribution in [0.25, 0.3) is 0 Å². The van der Waals surface area contributed by atoms with Gasteiger partial charge >= 0.3 is 5.97 Å². The number of rotatable bonds is 50. The first kappa shape index (κ1) is 65.4. The molecule has 1 rings (SSSR count). The van der Waals surface area contributed by atoms with Gasteiger partial charge in [0.15, 0.2) is 12.4 Å². The van der Waals surface area contributed by atoms with Crippen molar-refractivity contribution < 1.29 is 49.3 Å². The predicted molar refractivity (Wildman–Crippen MR) is 283 cm³/mol. The van der Waals surface area contributed by atoms with Crippen LogP contribution in [0.2, 0.25) is 0 Å². The second-order valence-electron chi connectivity index (χ2n) is 20.7. The Bertz CT molecular complexity index is 1170. The lowest BCUT2D eigenvalue weighted by molar-refractivity contribution is -0.305. The number of carbonyl (C=O) groups excluding carboxylic acids is 2. The number of nitrogens with one attached hydrogen (secondary N) is 1. The molecule has 11 heteroatoms. The largest absolute Gasteiger partial charge is 0.454 e. The first-order valence-electron chi connectivity index (χ1n) is 29.5. The predicted octanol–water partition coefficient (Wildman–Crippen LogP) is 13.2.